The Kier molecular flexibility index (Phi) is 14.9. The predicted octanol–water partition coefficient (Wildman–Crippen LogP) is 2.46. The van der Waals surface area contributed by atoms with E-state index >= 15 is 0 Å². The summed E-state index contributed by atoms with van der Waals surface area (Å²) in [6.07, 6.45) is 5.16. The molecule has 10 nitrogen and oxygen atoms in total. The minimum Gasteiger partial charge on any atom is -0.461 e. The lowest BCUT2D eigenvalue weighted by atomic mass is 10.4. The molecule has 12 heteroatoms. The van der Waals surface area contributed by atoms with Crippen LogP contribution in [0.1, 0.15) is 25.7 Å². The lowest BCUT2D eigenvalue weighted by Gasteiger charge is -2.40. The van der Waals surface area contributed by atoms with Crippen LogP contribution in [0.2, 0.25) is 31.2 Å². The molecule has 2 atom stereocenters. The van der Waals surface area contributed by atoms with E-state index in [4.69, 9.17) is 22.8 Å². The fraction of sp³-hybridized carbons (Fsp3) is 0.762. The van der Waals surface area contributed by atoms with Gasteiger partial charge in [-0.1, -0.05) is 13.0 Å². The molecule has 1 saturated heterocycles. The van der Waals surface area contributed by atoms with Gasteiger partial charge in [-0.05, 0) is 50.5 Å². The van der Waals surface area contributed by atoms with Crippen LogP contribution >= 0.6 is 0 Å². The highest BCUT2D eigenvalue weighted by molar-refractivity contribution is 6.83. The van der Waals surface area contributed by atoms with Gasteiger partial charge in [0.25, 0.3) is 0 Å². The molecule has 0 aromatic carbocycles. The molecule has 1 heterocycles. The minimum absolute atomic E-state index is 0.0563. The topological polar surface area (TPSA) is 121 Å². The number of carbonyl (C=O) groups is 3. The van der Waals surface area contributed by atoms with Gasteiger partial charge in [-0.15, -0.1) is 0 Å². The van der Waals surface area contributed by atoms with E-state index in [0.717, 1.165) is 62.9 Å². The van der Waals surface area contributed by atoms with Crippen LogP contribution in [0.4, 0.5) is 4.79 Å². The Balaban J connectivity index is 2.21. The van der Waals surface area contributed by atoms with Crippen LogP contribution < -0.4 is 10.6 Å². The molecule has 0 saturated carbocycles. The maximum absolute atomic E-state index is 11.5. The third-order valence-corrected chi connectivity index (χ3v) is 13.8. The van der Waals surface area contributed by atoms with Crippen molar-refractivity contribution in [3.8, 4) is 0 Å². The first-order valence-corrected chi connectivity index (χ1v) is 17.0. The Labute approximate surface area is 199 Å². The summed E-state index contributed by atoms with van der Waals surface area (Å²) in [4.78, 5) is 32.9. The summed E-state index contributed by atoms with van der Waals surface area (Å²) in [6, 6.07) is 3.01. The number of carbonyl (C=O) groups excluding carboxylic acids is 3. The van der Waals surface area contributed by atoms with Gasteiger partial charge in [0.2, 0.25) is 6.41 Å². The molecular formula is C21H40N2O8Si2. The van der Waals surface area contributed by atoms with Crippen LogP contribution in [-0.4, -0.2) is 81.5 Å². The van der Waals surface area contributed by atoms with Gasteiger partial charge in [0.1, 0.15) is 13.2 Å². The van der Waals surface area contributed by atoms with E-state index in [2.05, 4.69) is 30.3 Å². The van der Waals surface area contributed by atoms with Crippen molar-refractivity contribution in [2.45, 2.75) is 56.9 Å². The molecule has 0 spiro atoms. The second-order valence-electron chi connectivity index (χ2n) is 8.32. The van der Waals surface area contributed by atoms with Gasteiger partial charge in [-0.3, -0.25) is 4.79 Å². The van der Waals surface area contributed by atoms with Crippen molar-refractivity contribution in [3.05, 3.63) is 12.7 Å². The zero-order valence-corrected chi connectivity index (χ0v) is 22.0. The summed E-state index contributed by atoms with van der Waals surface area (Å²) in [5, 5.41) is 5.21. The molecular weight excluding hydrogens is 464 g/mol. The summed E-state index contributed by atoms with van der Waals surface area (Å²) in [5.74, 6) is -0.537. The van der Waals surface area contributed by atoms with Crippen LogP contribution in [0.5, 0.6) is 0 Å². The lowest BCUT2D eigenvalue weighted by molar-refractivity contribution is -0.137. The Morgan fingerprint density at radius 2 is 1.85 bits per heavy atom. The Morgan fingerprint density at radius 3 is 2.61 bits per heavy atom. The largest absolute Gasteiger partial charge is 0.461 e. The van der Waals surface area contributed by atoms with Crippen molar-refractivity contribution in [1.82, 2.24) is 10.6 Å². The number of rotatable bonds is 16. The number of ether oxygens (including phenoxy) is 3. The number of hydrogen-bond donors (Lipinski definition) is 2. The highest BCUT2D eigenvalue weighted by atomic mass is 28.4. The second kappa shape index (κ2) is 16.8. The summed E-state index contributed by atoms with van der Waals surface area (Å²) in [6.45, 7) is 10.4. The van der Waals surface area contributed by atoms with Crippen molar-refractivity contribution >= 4 is 35.4 Å². The SMILES string of the molecule is C=CC(=O)OCCNC(=O)OCCOCCC[Si]1(C)OCCCC[Si](C)(CCCNC=O)O1. The van der Waals surface area contributed by atoms with Crippen molar-refractivity contribution in [3.63, 3.8) is 0 Å². The molecule has 1 aliphatic rings. The number of esters is 1. The van der Waals surface area contributed by atoms with E-state index in [9.17, 15) is 14.4 Å². The van der Waals surface area contributed by atoms with E-state index in [0.29, 0.717) is 19.8 Å². The first-order chi connectivity index (χ1) is 15.8. The third-order valence-electron chi connectivity index (χ3n) is 5.24. The molecule has 33 heavy (non-hydrogen) atoms. The zero-order valence-electron chi connectivity index (χ0n) is 20.0. The van der Waals surface area contributed by atoms with E-state index in [-0.39, 0.29) is 19.8 Å². The lowest BCUT2D eigenvalue weighted by Crippen LogP contribution is -2.51. The van der Waals surface area contributed by atoms with Gasteiger partial charge >= 0.3 is 20.6 Å². The summed E-state index contributed by atoms with van der Waals surface area (Å²) < 4.78 is 28.3. The highest BCUT2D eigenvalue weighted by Crippen LogP contribution is 2.31. The van der Waals surface area contributed by atoms with Gasteiger partial charge in [0.15, 0.2) is 8.32 Å². The standard InChI is InChI=1S/C21H40N2O8Si2/c1-4-20(25)28-13-10-23-21(26)29-15-14-27-11-8-18-33(3)30-12-5-6-16-32(2,31-33)17-7-9-22-19-24/h4,19H,1,5-18H2,2-3H3,(H,22,24)(H,23,26). The minimum atomic E-state index is -2.28. The summed E-state index contributed by atoms with van der Waals surface area (Å²) in [5.41, 5.74) is 0. The number of nitrogens with one attached hydrogen (secondary N) is 2. The molecule has 0 aromatic heterocycles. The molecule has 0 radical (unpaired) electrons. The van der Waals surface area contributed by atoms with E-state index in [1.54, 1.807) is 0 Å². The van der Waals surface area contributed by atoms with Crippen molar-refractivity contribution in [2.75, 3.05) is 46.1 Å². The average Bonchev–Trinajstić information content (AvgIpc) is 2.77. The first-order valence-electron chi connectivity index (χ1n) is 11.6. The summed E-state index contributed by atoms with van der Waals surface area (Å²) >= 11 is 0. The number of amides is 2. The molecule has 190 valence electrons. The Hall–Kier alpha value is -1.74. The van der Waals surface area contributed by atoms with Gasteiger partial charge in [-0.2, -0.15) is 0 Å². The highest BCUT2D eigenvalue weighted by Gasteiger charge is 2.41. The van der Waals surface area contributed by atoms with Crippen LogP contribution in [0.15, 0.2) is 12.7 Å². The van der Waals surface area contributed by atoms with Crippen LogP contribution in [0, 0.1) is 0 Å². The molecule has 1 fully saturated rings. The first kappa shape index (κ1) is 29.3. The van der Waals surface area contributed by atoms with Crippen LogP contribution in [0.3, 0.4) is 0 Å². The number of hydrogen-bond acceptors (Lipinski definition) is 8. The van der Waals surface area contributed by atoms with E-state index < -0.39 is 28.9 Å². The van der Waals surface area contributed by atoms with Crippen molar-refractivity contribution < 1.29 is 37.1 Å². The molecule has 0 aliphatic carbocycles. The average molecular weight is 505 g/mol. The maximum Gasteiger partial charge on any atom is 0.407 e. The van der Waals surface area contributed by atoms with Gasteiger partial charge in [0.05, 0.1) is 13.2 Å². The van der Waals surface area contributed by atoms with E-state index in [1.165, 1.54) is 0 Å². The van der Waals surface area contributed by atoms with Crippen LogP contribution in [-0.2, 0) is 32.3 Å². The fourth-order valence-corrected chi connectivity index (χ4v) is 12.9. The van der Waals surface area contributed by atoms with Gasteiger partial charge in [-0.25, -0.2) is 9.59 Å². The molecule has 2 unspecified atom stereocenters. The zero-order chi connectivity index (χ0) is 24.4. The molecule has 2 N–H and O–H groups in total. The molecule has 2 amide bonds. The predicted molar refractivity (Wildman–Crippen MR) is 129 cm³/mol. The quantitative estimate of drug-likeness (QED) is 0.108. The number of alkyl carbamates (subject to hydrolysis) is 1. The third kappa shape index (κ3) is 14.2. The molecule has 0 bridgehead atoms. The molecule has 0 aromatic rings. The molecule has 1 rings (SSSR count). The maximum atomic E-state index is 11.5. The van der Waals surface area contributed by atoms with E-state index in [1.807, 2.05) is 0 Å². The molecule has 1 aliphatic heterocycles. The fourth-order valence-electron chi connectivity index (χ4n) is 3.62. The smallest absolute Gasteiger partial charge is 0.407 e. The summed E-state index contributed by atoms with van der Waals surface area (Å²) in [7, 11) is -4.16. The Morgan fingerprint density at radius 1 is 1.03 bits per heavy atom. The normalized spacial score (nSPS) is 23.0. The monoisotopic (exact) mass is 504 g/mol. The van der Waals surface area contributed by atoms with Gasteiger partial charge in [0, 0.05) is 25.8 Å². The van der Waals surface area contributed by atoms with Crippen molar-refractivity contribution in [2.24, 2.45) is 0 Å². The van der Waals surface area contributed by atoms with Gasteiger partial charge < -0.3 is 33.4 Å². The van der Waals surface area contributed by atoms with Crippen LogP contribution in [0.25, 0.3) is 0 Å². The van der Waals surface area contributed by atoms with Crippen molar-refractivity contribution in [1.29, 1.82) is 0 Å². The second-order valence-corrected chi connectivity index (χ2v) is 16.1. The Bertz CT molecular complexity index is 613.